The molecule has 1 fully saturated rings. The van der Waals surface area contributed by atoms with Gasteiger partial charge in [-0.15, -0.1) is 0 Å². The van der Waals surface area contributed by atoms with Gasteiger partial charge in [-0.3, -0.25) is 14.2 Å². The Balaban J connectivity index is 1.49. The number of nitrogen functional groups attached to an aromatic ring is 1. The third-order valence-electron chi connectivity index (χ3n) is 5.64. The van der Waals surface area contributed by atoms with E-state index in [-0.39, 0.29) is 34.6 Å². The Bertz CT molecular complexity index is 1190. The Labute approximate surface area is 207 Å². The molecule has 0 aromatic carbocycles. The Kier molecular flexibility index (Phi) is 8.99. The Morgan fingerprint density at radius 2 is 1.86 bits per heavy atom. The lowest BCUT2D eigenvalue weighted by molar-refractivity contribution is -0.134. The number of nitrogens with one attached hydrogen (secondary N) is 2. The lowest BCUT2D eigenvalue weighted by Crippen LogP contribution is -2.39. The van der Waals surface area contributed by atoms with Crippen molar-refractivity contribution >= 4 is 44.6 Å². The number of sulfone groups is 1. The summed E-state index contributed by atoms with van der Waals surface area (Å²) in [6.45, 7) is 0.592. The summed E-state index contributed by atoms with van der Waals surface area (Å²) in [5, 5.41) is 26.1. The highest BCUT2D eigenvalue weighted by Gasteiger charge is 2.47. The van der Waals surface area contributed by atoms with Crippen LogP contribution in [0.2, 0.25) is 0 Å². The summed E-state index contributed by atoms with van der Waals surface area (Å²) in [6, 6.07) is 0. The zero-order chi connectivity index (χ0) is 26.5. The summed E-state index contributed by atoms with van der Waals surface area (Å²) in [7, 11) is -2.95. The molecule has 3 rings (SSSR count). The van der Waals surface area contributed by atoms with Crippen molar-refractivity contribution in [3.05, 3.63) is 6.33 Å². The number of imidazole rings is 1. The van der Waals surface area contributed by atoms with Crippen LogP contribution in [-0.4, -0.2) is 93.4 Å². The van der Waals surface area contributed by atoms with Crippen LogP contribution in [0.15, 0.2) is 6.33 Å². The fourth-order valence-corrected chi connectivity index (χ4v) is 4.52. The van der Waals surface area contributed by atoms with E-state index in [1.165, 1.54) is 17.2 Å². The average Bonchev–Trinajstić information content (AvgIpc) is 3.34. The minimum absolute atomic E-state index is 0.0562. The van der Waals surface area contributed by atoms with Crippen LogP contribution in [0.25, 0.3) is 11.2 Å². The molecule has 2 aromatic rings. The Hall–Kier alpha value is -3.08. The summed E-state index contributed by atoms with van der Waals surface area (Å²) < 4.78 is 28.9. The zero-order valence-electron chi connectivity index (χ0n) is 19.8. The minimum atomic E-state index is -2.95. The SMILES string of the molecule is CS(=O)(=O)CCCCCCC(=O)NCCNc1nc(N)c2ncn([C@@H]3O[C@H](C(N)=O)[C@@H](O)[C@H]3O)c2n1. The van der Waals surface area contributed by atoms with Crippen molar-refractivity contribution in [2.75, 3.05) is 36.1 Å². The lowest BCUT2D eigenvalue weighted by Gasteiger charge is -2.16. The van der Waals surface area contributed by atoms with E-state index in [4.69, 9.17) is 16.2 Å². The number of primary amides is 1. The molecule has 0 unspecified atom stereocenters. The van der Waals surface area contributed by atoms with Gasteiger partial charge >= 0.3 is 0 Å². The number of nitrogens with zero attached hydrogens (tertiary/aromatic N) is 4. The van der Waals surface area contributed by atoms with E-state index in [0.29, 0.717) is 32.4 Å². The predicted octanol–water partition coefficient (Wildman–Crippen LogP) is -1.96. The van der Waals surface area contributed by atoms with Crippen LogP contribution in [0.1, 0.15) is 38.3 Å². The number of unbranched alkanes of at least 4 members (excludes halogenated alkanes) is 3. The molecule has 1 aliphatic rings. The molecule has 3 heterocycles. The molecule has 16 heteroatoms. The van der Waals surface area contributed by atoms with Gasteiger partial charge in [0.05, 0.1) is 6.33 Å². The number of aliphatic hydroxyl groups excluding tert-OH is 2. The number of amides is 2. The highest BCUT2D eigenvalue weighted by atomic mass is 32.2. The van der Waals surface area contributed by atoms with Gasteiger partial charge in [0.1, 0.15) is 27.6 Å². The summed E-state index contributed by atoms with van der Waals surface area (Å²) >= 11 is 0. The van der Waals surface area contributed by atoms with E-state index in [9.17, 15) is 28.2 Å². The Morgan fingerprint density at radius 1 is 1.14 bits per heavy atom. The summed E-state index contributed by atoms with van der Waals surface area (Å²) in [5.41, 5.74) is 11.6. The van der Waals surface area contributed by atoms with E-state index in [0.717, 1.165) is 12.8 Å². The number of fused-ring (bicyclic) bond motifs is 1. The second-order valence-corrected chi connectivity index (χ2v) is 10.9. The molecule has 1 aliphatic heterocycles. The van der Waals surface area contributed by atoms with Crippen molar-refractivity contribution in [1.82, 2.24) is 24.8 Å². The van der Waals surface area contributed by atoms with Crippen molar-refractivity contribution in [2.45, 2.75) is 56.6 Å². The molecule has 0 saturated carbocycles. The highest BCUT2D eigenvalue weighted by Crippen LogP contribution is 2.32. The molecule has 1 saturated heterocycles. The molecular formula is C20H32N8O7S. The second kappa shape index (κ2) is 11.8. The zero-order valence-corrected chi connectivity index (χ0v) is 20.6. The quantitative estimate of drug-likeness (QED) is 0.155. The van der Waals surface area contributed by atoms with E-state index in [1.807, 2.05) is 0 Å². The van der Waals surface area contributed by atoms with Gasteiger partial charge in [0.15, 0.2) is 23.8 Å². The van der Waals surface area contributed by atoms with Crippen LogP contribution >= 0.6 is 0 Å². The number of rotatable bonds is 13. The van der Waals surface area contributed by atoms with Gasteiger partial charge in [0, 0.05) is 31.5 Å². The van der Waals surface area contributed by atoms with Gasteiger partial charge in [-0.1, -0.05) is 12.8 Å². The number of carbonyl (C=O) groups excluding carboxylic acids is 2. The van der Waals surface area contributed by atoms with Crippen LogP contribution in [0.3, 0.4) is 0 Å². The van der Waals surface area contributed by atoms with Crippen LogP contribution in [0.4, 0.5) is 11.8 Å². The third-order valence-corrected chi connectivity index (χ3v) is 6.67. The maximum atomic E-state index is 12.0. The number of aliphatic hydroxyl groups is 2. The number of carbonyl (C=O) groups is 2. The van der Waals surface area contributed by atoms with Crippen molar-refractivity contribution in [3.8, 4) is 0 Å². The fraction of sp³-hybridized carbons (Fsp3) is 0.650. The number of ether oxygens (including phenoxy) is 1. The van der Waals surface area contributed by atoms with E-state index in [1.54, 1.807) is 0 Å². The van der Waals surface area contributed by atoms with Gasteiger partial charge in [0.2, 0.25) is 17.8 Å². The van der Waals surface area contributed by atoms with Gasteiger partial charge < -0.3 is 37.1 Å². The average molecular weight is 529 g/mol. The molecule has 2 aromatic heterocycles. The van der Waals surface area contributed by atoms with E-state index in [2.05, 4.69) is 25.6 Å². The number of hydrogen-bond donors (Lipinski definition) is 6. The van der Waals surface area contributed by atoms with Crippen molar-refractivity contribution in [3.63, 3.8) is 0 Å². The largest absolute Gasteiger partial charge is 0.387 e. The normalized spacial score (nSPS) is 22.1. The third kappa shape index (κ3) is 6.99. The maximum Gasteiger partial charge on any atom is 0.249 e. The second-order valence-electron chi connectivity index (χ2n) is 8.66. The molecule has 0 aliphatic carbocycles. The summed E-state index contributed by atoms with van der Waals surface area (Å²) in [4.78, 5) is 36.0. The molecule has 2 amide bonds. The van der Waals surface area contributed by atoms with E-state index < -0.39 is 40.3 Å². The monoisotopic (exact) mass is 528 g/mol. The number of anilines is 2. The molecule has 4 atom stereocenters. The number of aromatic nitrogens is 4. The number of hydrogen-bond acceptors (Lipinski definition) is 12. The van der Waals surface area contributed by atoms with Gasteiger partial charge in [-0.25, -0.2) is 13.4 Å². The molecular weight excluding hydrogens is 496 g/mol. The standard InChI is InChI=1S/C20H32N8O7S/c1-36(33,34)9-5-3-2-4-6-11(29)23-7-8-24-20-26-16(21)12-18(27-20)28(10-25-12)19-14(31)13(30)15(35-19)17(22)32/h10,13-15,19,30-31H,2-9H2,1H3,(H2,22,32)(H,23,29)(H3,21,24,26,27)/t13-,14+,15-,19+/m0/s1. The minimum Gasteiger partial charge on any atom is -0.387 e. The van der Waals surface area contributed by atoms with Crippen molar-refractivity contribution < 1.29 is 33.0 Å². The topological polar surface area (TPSA) is 238 Å². The first-order valence-electron chi connectivity index (χ1n) is 11.5. The molecule has 15 nitrogen and oxygen atoms in total. The van der Waals surface area contributed by atoms with Gasteiger partial charge in [0.25, 0.3) is 0 Å². The molecule has 36 heavy (non-hydrogen) atoms. The summed E-state index contributed by atoms with van der Waals surface area (Å²) in [6.07, 6.45) is 0.106. The van der Waals surface area contributed by atoms with Gasteiger partial charge in [-0.05, 0) is 12.8 Å². The first-order valence-corrected chi connectivity index (χ1v) is 13.5. The van der Waals surface area contributed by atoms with Crippen molar-refractivity contribution in [2.24, 2.45) is 5.73 Å². The van der Waals surface area contributed by atoms with Crippen LogP contribution in [-0.2, 0) is 24.2 Å². The van der Waals surface area contributed by atoms with Crippen LogP contribution in [0, 0.1) is 0 Å². The van der Waals surface area contributed by atoms with Crippen LogP contribution < -0.4 is 22.1 Å². The molecule has 0 spiro atoms. The first-order chi connectivity index (χ1) is 17.0. The maximum absolute atomic E-state index is 12.0. The summed E-state index contributed by atoms with van der Waals surface area (Å²) in [5.74, 6) is -0.682. The number of nitrogens with two attached hydrogens (primary N) is 2. The molecule has 200 valence electrons. The van der Waals surface area contributed by atoms with Gasteiger partial charge in [-0.2, -0.15) is 9.97 Å². The van der Waals surface area contributed by atoms with E-state index >= 15 is 0 Å². The lowest BCUT2D eigenvalue weighted by atomic mass is 10.1. The molecule has 0 bridgehead atoms. The Morgan fingerprint density at radius 3 is 2.53 bits per heavy atom. The molecule has 0 radical (unpaired) electrons. The van der Waals surface area contributed by atoms with Crippen molar-refractivity contribution in [1.29, 1.82) is 0 Å². The predicted molar refractivity (Wildman–Crippen MR) is 129 cm³/mol. The molecule has 8 N–H and O–H groups in total. The smallest absolute Gasteiger partial charge is 0.249 e. The fourth-order valence-electron chi connectivity index (χ4n) is 3.80. The first kappa shape index (κ1) is 27.5. The van der Waals surface area contributed by atoms with Crippen LogP contribution in [0.5, 0.6) is 0 Å². The highest BCUT2D eigenvalue weighted by molar-refractivity contribution is 7.90.